The highest BCUT2D eigenvalue weighted by Gasteiger charge is 2.32. The summed E-state index contributed by atoms with van der Waals surface area (Å²) in [6.45, 7) is -0.218. The van der Waals surface area contributed by atoms with Crippen LogP contribution in [0.5, 0.6) is 5.75 Å². The van der Waals surface area contributed by atoms with Gasteiger partial charge >= 0.3 is 5.97 Å². The molecular formula is C11H8O5. The first-order valence-corrected chi connectivity index (χ1v) is 4.52. The molecule has 82 valence electrons. The quantitative estimate of drug-likeness (QED) is 0.316. The third-order valence-corrected chi connectivity index (χ3v) is 2.23. The van der Waals surface area contributed by atoms with Crippen LogP contribution in [0.4, 0.5) is 0 Å². The lowest BCUT2D eigenvalue weighted by atomic mass is 10.1. The molecule has 0 saturated carbocycles. The van der Waals surface area contributed by atoms with Crippen molar-refractivity contribution in [2.45, 2.75) is 0 Å². The standard InChI is InChI=1S/C11H8O5/c12-7-3-1-6(2-4-7)9(13)8-5-16-11(15)10(8)14/h1-4,12-13H,5H2/b9-8+. The average molecular weight is 220 g/mol. The summed E-state index contributed by atoms with van der Waals surface area (Å²) in [5, 5.41) is 18.8. The van der Waals surface area contributed by atoms with E-state index in [0.29, 0.717) is 5.56 Å². The van der Waals surface area contributed by atoms with Gasteiger partial charge in [-0.25, -0.2) is 4.79 Å². The van der Waals surface area contributed by atoms with Crippen molar-refractivity contribution < 1.29 is 24.5 Å². The molecule has 1 heterocycles. The van der Waals surface area contributed by atoms with Crippen LogP contribution in [0, 0.1) is 0 Å². The molecule has 0 amide bonds. The Morgan fingerprint density at radius 2 is 1.81 bits per heavy atom. The number of cyclic esters (lactones) is 1. The van der Waals surface area contributed by atoms with Crippen molar-refractivity contribution in [2.24, 2.45) is 0 Å². The minimum atomic E-state index is -0.958. The number of aliphatic hydroxyl groups is 1. The van der Waals surface area contributed by atoms with E-state index in [1.807, 2.05) is 0 Å². The van der Waals surface area contributed by atoms with E-state index in [9.17, 15) is 14.7 Å². The summed E-state index contributed by atoms with van der Waals surface area (Å²) >= 11 is 0. The summed E-state index contributed by atoms with van der Waals surface area (Å²) in [5.41, 5.74) is 0.287. The van der Waals surface area contributed by atoms with Crippen molar-refractivity contribution in [1.82, 2.24) is 0 Å². The highest BCUT2D eigenvalue weighted by molar-refractivity contribution is 6.43. The largest absolute Gasteiger partial charge is 0.508 e. The fourth-order valence-corrected chi connectivity index (χ4v) is 1.36. The number of ether oxygens (including phenoxy) is 1. The molecule has 0 aliphatic carbocycles. The Morgan fingerprint density at radius 1 is 1.19 bits per heavy atom. The first-order chi connectivity index (χ1) is 7.59. The van der Waals surface area contributed by atoms with Gasteiger partial charge in [0.05, 0.1) is 5.57 Å². The van der Waals surface area contributed by atoms with Gasteiger partial charge in [-0.15, -0.1) is 0 Å². The monoisotopic (exact) mass is 220 g/mol. The molecule has 1 saturated heterocycles. The van der Waals surface area contributed by atoms with Crippen LogP contribution >= 0.6 is 0 Å². The van der Waals surface area contributed by atoms with Crippen molar-refractivity contribution in [3.8, 4) is 5.75 Å². The number of benzene rings is 1. The van der Waals surface area contributed by atoms with Gasteiger partial charge in [0.1, 0.15) is 18.1 Å². The number of ketones is 1. The van der Waals surface area contributed by atoms with E-state index < -0.39 is 11.8 Å². The number of phenols is 1. The Kier molecular flexibility index (Phi) is 2.36. The molecule has 1 aliphatic rings. The molecular weight excluding hydrogens is 212 g/mol. The SMILES string of the molecule is O=C1OC/C(=C(\O)c2ccc(O)cc2)C1=O. The molecule has 2 rings (SSSR count). The van der Waals surface area contributed by atoms with Crippen LogP contribution in [-0.2, 0) is 14.3 Å². The number of Topliss-reactive ketones (excluding diaryl/α,β-unsaturated/α-hetero) is 1. The number of hydrogen-bond acceptors (Lipinski definition) is 5. The van der Waals surface area contributed by atoms with Crippen LogP contribution < -0.4 is 0 Å². The first-order valence-electron chi connectivity index (χ1n) is 4.52. The molecule has 1 aromatic carbocycles. The van der Waals surface area contributed by atoms with Gasteiger partial charge in [-0.05, 0) is 24.3 Å². The normalized spacial score (nSPS) is 18.5. The minimum Gasteiger partial charge on any atom is -0.508 e. The molecule has 1 aliphatic heterocycles. The zero-order valence-corrected chi connectivity index (χ0v) is 8.14. The maximum absolute atomic E-state index is 11.2. The number of aromatic hydroxyl groups is 1. The molecule has 0 aromatic heterocycles. The number of hydrogen-bond donors (Lipinski definition) is 2. The number of carbonyl (C=O) groups is 2. The summed E-state index contributed by atoms with van der Waals surface area (Å²) in [6, 6.07) is 5.62. The van der Waals surface area contributed by atoms with E-state index in [1.165, 1.54) is 24.3 Å². The van der Waals surface area contributed by atoms with E-state index in [4.69, 9.17) is 5.11 Å². The zero-order valence-electron chi connectivity index (χ0n) is 8.14. The lowest BCUT2D eigenvalue weighted by Gasteiger charge is -2.02. The maximum atomic E-state index is 11.2. The van der Waals surface area contributed by atoms with Crippen LogP contribution in [0.15, 0.2) is 29.8 Å². The van der Waals surface area contributed by atoms with E-state index in [1.54, 1.807) is 0 Å². The third kappa shape index (κ3) is 1.63. The Hall–Kier alpha value is -2.30. The van der Waals surface area contributed by atoms with Gasteiger partial charge in [0.15, 0.2) is 0 Å². The van der Waals surface area contributed by atoms with Crippen molar-refractivity contribution >= 4 is 17.5 Å². The summed E-state index contributed by atoms with van der Waals surface area (Å²) in [5.74, 6) is -2.03. The van der Waals surface area contributed by atoms with Crippen LogP contribution in [0.3, 0.4) is 0 Å². The van der Waals surface area contributed by atoms with Gasteiger partial charge in [-0.3, -0.25) is 4.79 Å². The van der Waals surface area contributed by atoms with E-state index in [0.717, 1.165) is 0 Å². The molecule has 0 atom stereocenters. The molecule has 0 bridgehead atoms. The lowest BCUT2D eigenvalue weighted by molar-refractivity contribution is -0.146. The van der Waals surface area contributed by atoms with E-state index >= 15 is 0 Å². The van der Waals surface area contributed by atoms with Gasteiger partial charge in [-0.1, -0.05) is 0 Å². The van der Waals surface area contributed by atoms with Gasteiger partial charge in [-0.2, -0.15) is 0 Å². The van der Waals surface area contributed by atoms with Crippen molar-refractivity contribution in [1.29, 1.82) is 0 Å². The number of rotatable bonds is 1. The van der Waals surface area contributed by atoms with Crippen molar-refractivity contribution in [3.05, 3.63) is 35.4 Å². The van der Waals surface area contributed by atoms with Crippen LogP contribution in [0.2, 0.25) is 0 Å². The van der Waals surface area contributed by atoms with Crippen LogP contribution in [0.1, 0.15) is 5.56 Å². The third-order valence-electron chi connectivity index (χ3n) is 2.23. The minimum absolute atomic E-state index is 0.0478. The summed E-state index contributed by atoms with van der Waals surface area (Å²) < 4.78 is 4.49. The summed E-state index contributed by atoms with van der Waals surface area (Å²) in [7, 11) is 0. The number of carbonyl (C=O) groups excluding carboxylic acids is 2. The predicted molar refractivity (Wildman–Crippen MR) is 53.6 cm³/mol. The topological polar surface area (TPSA) is 83.8 Å². The van der Waals surface area contributed by atoms with E-state index in [2.05, 4.69) is 4.74 Å². The summed E-state index contributed by atoms with van der Waals surface area (Å²) in [4.78, 5) is 22.1. The number of esters is 1. The number of phenolic OH excluding ortho intramolecular Hbond substituents is 1. The fourth-order valence-electron chi connectivity index (χ4n) is 1.36. The lowest BCUT2D eigenvalue weighted by Crippen LogP contribution is -2.07. The second-order valence-corrected chi connectivity index (χ2v) is 3.28. The smallest absolute Gasteiger partial charge is 0.379 e. The van der Waals surface area contributed by atoms with Gasteiger partial charge in [0.25, 0.3) is 5.78 Å². The molecule has 1 fully saturated rings. The molecule has 0 spiro atoms. The summed E-state index contributed by atoms with van der Waals surface area (Å²) in [6.07, 6.45) is 0. The Bertz CT molecular complexity index is 484. The predicted octanol–water partition coefficient (Wildman–Crippen LogP) is 0.787. The average Bonchev–Trinajstić information content (AvgIpc) is 2.60. The Morgan fingerprint density at radius 3 is 2.31 bits per heavy atom. The van der Waals surface area contributed by atoms with Crippen LogP contribution in [0.25, 0.3) is 5.76 Å². The van der Waals surface area contributed by atoms with Crippen LogP contribution in [-0.4, -0.2) is 28.6 Å². The maximum Gasteiger partial charge on any atom is 0.379 e. The van der Waals surface area contributed by atoms with Crippen molar-refractivity contribution in [2.75, 3.05) is 6.61 Å². The molecule has 2 N–H and O–H groups in total. The van der Waals surface area contributed by atoms with Gasteiger partial charge < -0.3 is 14.9 Å². The Labute approximate surface area is 90.6 Å². The second-order valence-electron chi connectivity index (χ2n) is 3.28. The van der Waals surface area contributed by atoms with Crippen molar-refractivity contribution in [3.63, 3.8) is 0 Å². The zero-order chi connectivity index (χ0) is 11.7. The first kappa shape index (κ1) is 10.2. The highest BCUT2D eigenvalue weighted by atomic mass is 16.5. The molecule has 0 radical (unpaired) electrons. The second kappa shape index (κ2) is 3.69. The van der Waals surface area contributed by atoms with Gasteiger partial charge in [0.2, 0.25) is 0 Å². The molecule has 0 unspecified atom stereocenters. The Balaban J connectivity index is 2.41. The van der Waals surface area contributed by atoms with E-state index in [-0.39, 0.29) is 23.7 Å². The fraction of sp³-hybridized carbons (Fsp3) is 0.0909. The van der Waals surface area contributed by atoms with Gasteiger partial charge in [0, 0.05) is 5.56 Å². The molecule has 5 nitrogen and oxygen atoms in total. The highest BCUT2D eigenvalue weighted by Crippen LogP contribution is 2.22. The number of aliphatic hydroxyl groups excluding tert-OH is 1. The molecule has 5 heteroatoms. The molecule has 1 aromatic rings. The molecule has 16 heavy (non-hydrogen) atoms.